The van der Waals surface area contributed by atoms with Gasteiger partial charge in [0, 0.05) is 72.7 Å². The predicted molar refractivity (Wildman–Crippen MR) is 146 cm³/mol. The zero-order valence-corrected chi connectivity index (χ0v) is 21.9. The molecule has 0 atom stereocenters. The van der Waals surface area contributed by atoms with Gasteiger partial charge < -0.3 is 15.0 Å². The third kappa shape index (κ3) is 5.90. The average Bonchev–Trinajstić information content (AvgIpc) is 3.49. The molecule has 0 radical (unpaired) electrons. The second-order valence-electron chi connectivity index (χ2n) is 8.96. The van der Waals surface area contributed by atoms with Gasteiger partial charge in [0.2, 0.25) is 0 Å². The number of hydrogen-bond acceptors (Lipinski definition) is 5. The Morgan fingerprint density at radius 3 is 2.75 bits per heavy atom. The zero-order valence-electron chi connectivity index (χ0n) is 20.3. The summed E-state index contributed by atoms with van der Waals surface area (Å²) in [6.45, 7) is 7.27. The van der Waals surface area contributed by atoms with Gasteiger partial charge in [0.05, 0.1) is 18.9 Å². The molecule has 1 fully saturated rings. The summed E-state index contributed by atoms with van der Waals surface area (Å²) in [7, 11) is 0. The maximum atomic E-state index is 13.3. The monoisotopic (exact) mass is 523 g/mol. The van der Waals surface area contributed by atoms with Gasteiger partial charge in [-0.25, -0.2) is 9.78 Å². The van der Waals surface area contributed by atoms with Crippen LogP contribution in [0, 0.1) is 6.92 Å². The number of imidazole rings is 1. The van der Waals surface area contributed by atoms with E-state index < -0.39 is 0 Å². The van der Waals surface area contributed by atoms with Crippen molar-refractivity contribution in [1.82, 2.24) is 19.2 Å². The topological polar surface area (TPSA) is 62.1 Å². The van der Waals surface area contributed by atoms with E-state index in [1.54, 1.807) is 17.4 Å². The normalized spacial score (nSPS) is 14.3. The number of amides is 2. The molecule has 1 saturated heterocycles. The van der Waals surface area contributed by atoms with Gasteiger partial charge in [-0.1, -0.05) is 48.0 Å². The Morgan fingerprint density at radius 1 is 1.17 bits per heavy atom. The van der Waals surface area contributed by atoms with E-state index in [0.29, 0.717) is 23.8 Å². The van der Waals surface area contributed by atoms with Crippen LogP contribution in [0.25, 0.3) is 16.2 Å². The van der Waals surface area contributed by atoms with Crippen LogP contribution in [0.4, 0.5) is 10.5 Å². The molecule has 0 bridgehead atoms. The van der Waals surface area contributed by atoms with Crippen LogP contribution < -0.4 is 5.32 Å². The lowest BCUT2D eigenvalue weighted by molar-refractivity contribution is 0.0352. The second-order valence-corrected chi connectivity index (χ2v) is 10.2. The molecule has 0 spiro atoms. The first-order chi connectivity index (χ1) is 17.6. The number of halogens is 1. The minimum atomic E-state index is -0.120. The number of aryl methyl sites for hydroxylation is 1. The number of morpholine rings is 1. The molecule has 0 saturated carbocycles. The predicted octanol–water partition coefficient (Wildman–Crippen LogP) is 5.43. The number of benzene rings is 2. The summed E-state index contributed by atoms with van der Waals surface area (Å²) in [6, 6.07) is 15.7. The van der Waals surface area contributed by atoms with Gasteiger partial charge in [-0.2, -0.15) is 0 Å². The summed E-state index contributed by atoms with van der Waals surface area (Å²) >= 11 is 7.91. The van der Waals surface area contributed by atoms with Crippen LogP contribution >= 0.6 is 22.9 Å². The van der Waals surface area contributed by atoms with Gasteiger partial charge in [-0.15, -0.1) is 11.3 Å². The fourth-order valence-electron chi connectivity index (χ4n) is 4.28. The number of carbonyl (C=O) groups is 1. The number of nitrogens with zero attached hydrogens (tertiary/aromatic N) is 4. The highest BCUT2D eigenvalue weighted by Gasteiger charge is 2.18. The molecule has 1 N–H and O–H groups in total. The van der Waals surface area contributed by atoms with Gasteiger partial charge in [-0.05, 0) is 24.6 Å². The number of thiazole rings is 1. The van der Waals surface area contributed by atoms with E-state index in [1.807, 2.05) is 42.2 Å². The Hall–Kier alpha value is -2.91. The molecule has 5 rings (SSSR count). The largest absolute Gasteiger partial charge is 0.379 e. The first kappa shape index (κ1) is 24.8. The van der Waals surface area contributed by atoms with E-state index in [1.165, 1.54) is 0 Å². The van der Waals surface area contributed by atoms with E-state index in [-0.39, 0.29) is 6.03 Å². The van der Waals surface area contributed by atoms with E-state index in [9.17, 15) is 4.79 Å². The Bertz CT molecular complexity index is 1320. The van der Waals surface area contributed by atoms with Crippen LogP contribution in [-0.2, 0) is 11.2 Å². The molecule has 36 heavy (non-hydrogen) atoms. The first-order valence-corrected chi connectivity index (χ1v) is 13.5. The number of aromatic nitrogens is 2. The lowest BCUT2D eigenvalue weighted by atomic mass is 10.2. The van der Waals surface area contributed by atoms with Crippen molar-refractivity contribution in [1.29, 1.82) is 0 Å². The fourth-order valence-corrected chi connectivity index (χ4v) is 5.37. The minimum Gasteiger partial charge on any atom is -0.379 e. The van der Waals surface area contributed by atoms with Crippen LogP contribution in [0.1, 0.15) is 11.3 Å². The van der Waals surface area contributed by atoms with Crippen molar-refractivity contribution in [3.8, 4) is 11.3 Å². The Labute approximate surface area is 220 Å². The van der Waals surface area contributed by atoms with Gasteiger partial charge in [-0.3, -0.25) is 9.30 Å². The Morgan fingerprint density at radius 2 is 1.97 bits per heavy atom. The summed E-state index contributed by atoms with van der Waals surface area (Å²) in [4.78, 5) is 23.3. The lowest BCUT2D eigenvalue weighted by Gasteiger charge is -2.30. The molecular formula is C27H30ClN5O2S. The van der Waals surface area contributed by atoms with Crippen molar-refractivity contribution in [2.45, 2.75) is 13.3 Å². The number of anilines is 1. The molecule has 0 aliphatic carbocycles. The van der Waals surface area contributed by atoms with Gasteiger partial charge in [0.1, 0.15) is 0 Å². The standard InChI is InChI=1S/C27H30ClN5O2S/c1-20-7-8-22(17-24(20)28)29-26(34)32(12-11-31-13-15-35-16-14-31)10-9-23-19-36-27-30-25(18-33(23)27)21-5-3-2-4-6-21/h2-8,17-19H,9-16H2,1H3,(H,29,34). The minimum absolute atomic E-state index is 0.120. The first-order valence-electron chi connectivity index (χ1n) is 12.2. The van der Waals surface area contributed by atoms with Crippen molar-refractivity contribution >= 4 is 39.6 Å². The number of ether oxygens (including phenoxy) is 1. The third-order valence-electron chi connectivity index (χ3n) is 6.49. The number of hydrogen-bond donors (Lipinski definition) is 1. The summed E-state index contributed by atoms with van der Waals surface area (Å²) in [5, 5.41) is 5.81. The van der Waals surface area contributed by atoms with Crippen LogP contribution in [0.5, 0.6) is 0 Å². The number of nitrogens with one attached hydrogen (secondary N) is 1. The summed E-state index contributed by atoms with van der Waals surface area (Å²) < 4.78 is 7.61. The molecule has 1 aliphatic heterocycles. The molecule has 4 aromatic rings. The number of carbonyl (C=O) groups excluding carboxylic acids is 1. The Balaban J connectivity index is 1.29. The lowest BCUT2D eigenvalue weighted by Crippen LogP contribution is -2.45. The summed E-state index contributed by atoms with van der Waals surface area (Å²) in [6.07, 6.45) is 2.82. The molecule has 2 aromatic heterocycles. The van der Waals surface area contributed by atoms with Crippen molar-refractivity contribution in [3.63, 3.8) is 0 Å². The highest BCUT2D eigenvalue weighted by Crippen LogP contribution is 2.24. The fraction of sp³-hybridized carbons (Fsp3) is 0.333. The Kier molecular flexibility index (Phi) is 7.87. The van der Waals surface area contributed by atoms with Gasteiger partial charge in [0.25, 0.3) is 0 Å². The van der Waals surface area contributed by atoms with Crippen LogP contribution in [0.3, 0.4) is 0 Å². The molecular weight excluding hydrogens is 494 g/mol. The summed E-state index contributed by atoms with van der Waals surface area (Å²) in [5.74, 6) is 0. The molecule has 3 heterocycles. The van der Waals surface area contributed by atoms with Crippen molar-refractivity contribution < 1.29 is 9.53 Å². The number of urea groups is 1. The molecule has 2 amide bonds. The van der Waals surface area contributed by atoms with Crippen molar-refractivity contribution in [2.75, 3.05) is 51.3 Å². The zero-order chi connectivity index (χ0) is 24.9. The highest BCUT2D eigenvalue weighted by atomic mass is 35.5. The second kappa shape index (κ2) is 11.4. The molecule has 1 aliphatic rings. The highest BCUT2D eigenvalue weighted by molar-refractivity contribution is 7.15. The van der Waals surface area contributed by atoms with Crippen molar-refractivity contribution in [2.24, 2.45) is 0 Å². The van der Waals surface area contributed by atoms with Crippen molar-refractivity contribution in [3.05, 3.63) is 76.4 Å². The molecule has 7 nitrogen and oxygen atoms in total. The molecule has 2 aromatic carbocycles. The smallest absolute Gasteiger partial charge is 0.321 e. The van der Waals surface area contributed by atoms with Crippen LogP contribution in [0.2, 0.25) is 5.02 Å². The number of fused-ring (bicyclic) bond motifs is 1. The maximum absolute atomic E-state index is 13.3. The van der Waals surface area contributed by atoms with E-state index in [0.717, 1.165) is 66.7 Å². The van der Waals surface area contributed by atoms with E-state index in [2.05, 4.69) is 38.3 Å². The third-order valence-corrected chi connectivity index (χ3v) is 7.79. The average molecular weight is 524 g/mol. The number of rotatable bonds is 8. The molecule has 9 heteroatoms. The van der Waals surface area contributed by atoms with Crippen LogP contribution in [-0.4, -0.2) is 71.2 Å². The summed E-state index contributed by atoms with van der Waals surface area (Å²) in [5.41, 5.74) is 4.89. The quantitative estimate of drug-likeness (QED) is 0.334. The van der Waals surface area contributed by atoms with Crippen LogP contribution in [0.15, 0.2) is 60.1 Å². The van der Waals surface area contributed by atoms with E-state index in [4.69, 9.17) is 21.3 Å². The SMILES string of the molecule is Cc1ccc(NC(=O)N(CCc2csc3nc(-c4ccccc4)cn23)CCN2CCOCC2)cc1Cl. The van der Waals surface area contributed by atoms with Gasteiger partial charge in [0.15, 0.2) is 4.96 Å². The molecule has 0 unspecified atom stereocenters. The van der Waals surface area contributed by atoms with Gasteiger partial charge >= 0.3 is 6.03 Å². The van der Waals surface area contributed by atoms with E-state index >= 15 is 0 Å². The molecule has 188 valence electrons. The maximum Gasteiger partial charge on any atom is 0.321 e.